The number of rotatable bonds is 5. The van der Waals surface area contributed by atoms with Gasteiger partial charge >= 0.3 is 0 Å². The number of nitrogen functional groups attached to an aromatic ring is 1. The Kier molecular flexibility index (Phi) is 4.44. The van der Waals surface area contributed by atoms with Crippen molar-refractivity contribution in [1.29, 1.82) is 0 Å². The SMILES string of the molecule is CCNS(=O)(=O)c1ccc(N)c(Oc2cccnc2C)c1. The second kappa shape index (κ2) is 6.11. The van der Waals surface area contributed by atoms with Crippen LogP contribution in [-0.2, 0) is 10.0 Å². The van der Waals surface area contributed by atoms with Crippen LogP contribution >= 0.6 is 0 Å². The zero-order chi connectivity index (χ0) is 15.5. The first-order chi connectivity index (χ1) is 9.94. The Morgan fingerprint density at radius 1 is 1.29 bits per heavy atom. The molecule has 2 aromatic rings. The summed E-state index contributed by atoms with van der Waals surface area (Å²) in [5, 5.41) is 0. The number of benzene rings is 1. The number of ether oxygens (including phenoxy) is 1. The van der Waals surface area contributed by atoms with Crippen molar-refractivity contribution >= 4 is 15.7 Å². The third kappa shape index (κ3) is 3.50. The number of aromatic nitrogens is 1. The number of nitrogens with zero attached hydrogens (tertiary/aromatic N) is 1. The molecule has 0 unspecified atom stereocenters. The van der Waals surface area contributed by atoms with E-state index in [0.717, 1.165) is 0 Å². The summed E-state index contributed by atoms with van der Waals surface area (Å²) >= 11 is 0. The molecule has 0 fully saturated rings. The van der Waals surface area contributed by atoms with Crippen molar-refractivity contribution in [1.82, 2.24) is 9.71 Å². The lowest BCUT2D eigenvalue weighted by Crippen LogP contribution is -2.23. The number of hydrogen-bond acceptors (Lipinski definition) is 5. The number of anilines is 1. The highest BCUT2D eigenvalue weighted by atomic mass is 32.2. The summed E-state index contributed by atoms with van der Waals surface area (Å²) in [4.78, 5) is 4.22. The Labute approximate surface area is 124 Å². The van der Waals surface area contributed by atoms with Crippen molar-refractivity contribution in [2.75, 3.05) is 12.3 Å². The molecule has 0 aliphatic carbocycles. The second-order valence-electron chi connectivity index (χ2n) is 4.39. The largest absolute Gasteiger partial charge is 0.453 e. The molecule has 0 atom stereocenters. The molecule has 2 rings (SSSR count). The van der Waals surface area contributed by atoms with Gasteiger partial charge in [-0.15, -0.1) is 0 Å². The molecule has 7 heteroatoms. The van der Waals surface area contributed by atoms with Crippen LogP contribution in [0.4, 0.5) is 5.69 Å². The topological polar surface area (TPSA) is 94.3 Å². The first-order valence-corrected chi connectivity index (χ1v) is 7.91. The van der Waals surface area contributed by atoms with Gasteiger partial charge in [0.15, 0.2) is 5.75 Å². The van der Waals surface area contributed by atoms with Crippen molar-refractivity contribution in [3.05, 3.63) is 42.2 Å². The van der Waals surface area contributed by atoms with Gasteiger partial charge < -0.3 is 10.5 Å². The number of sulfonamides is 1. The zero-order valence-corrected chi connectivity index (χ0v) is 12.6. The first kappa shape index (κ1) is 15.3. The minimum absolute atomic E-state index is 0.107. The molecule has 0 amide bonds. The number of nitrogens with one attached hydrogen (secondary N) is 1. The Morgan fingerprint density at radius 3 is 2.71 bits per heavy atom. The summed E-state index contributed by atoms with van der Waals surface area (Å²) in [6, 6.07) is 7.83. The maximum atomic E-state index is 12.0. The van der Waals surface area contributed by atoms with E-state index in [2.05, 4.69) is 9.71 Å². The fraction of sp³-hybridized carbons (Fsp3) is 0.214. The monoisotopic (exact) mass is 307 g/mol. The molecule has 0 saturated heterocycles. The van der Waals surface area contributed by atoms with Crippen LogP contribution in [0.2, 0.25) is 0 Å². The van der Waals surface area contributed by atoms with Crippen LogP contribution in [0.15, 0.2) is 41.4 Å². The fourth-order valence-corrected chi connectivity index (χ4v) is 2.80. The summed E-state index contributed by atoms with van der Waals surface area (Å²) in [7, 11) is -3.55. The van der Waals surface area contributed by atoms with E-state index >= 15 is 0 Å². The molecule has 21 heavy (non-hydrogen) atoms. The molecule has 1 aromatic carbocycles. The molecule has 1 heterocycles. The second-order valence-corrected chi connectivity index (χ2v) is 6.16. The lowest BCUT2D eigenvalue weighted by molar-refractivity contribution is 0.476. The average Bonchev–Trinajstić information content (AvgIpc) is 2.43. The third-order valence-electron chi connectivity index (χ3n) is 2.81. The van der Waals surface area contributed by atoms with Gasteiger partial charge in [-0.2, -0.15) is 0 Å². The van der Waals surface area contributed by atoms with Crippen LogP contribution in [0.25, 0.3) is 0 Å². The smallest absolute Gasteiger partial charge is 0.240 e. The van der Waals surface area contributed by atoms with Crippen molar-refractivity contribution in [3.63, 3.8) is 0 Å². The molecule has 0 bridgehead atoms. The summed E-state index contributed by atoms with van der Waals surface area (Å²) in [5.74, 6) is 0.812. The lowest BCUT2D eigenvalue weighted by Gasteiger charge is -2.12. The van der Waals surface area contributed by atoms with E-state index in [1.54, 1.807) is 32.2 Å². The Bertz CT molecular complexity index is 745. The van der Waals surface area contributed by atoms with Gasteiger partial charge in [0, 0.05) is 18.8 Å². The van der Waals surface area contributed by atoms with Crippen LogP contribution in [0.3, 0.4) is 0 Å². The molecule has 0 radical (unpaired) electrons. The number of nitrogens with two attached hydrogens (primary N) is 1. The van der Waals surface area contributed by atoms with E-state index in [4.69, 9.17) is 10.5 Å². The first-order valence-electron chi connectivity index (χ1n) is 6.42. The van der Waals surface area contributed by atoms with Gasteiger partial charge in [0.25, 0.3) is 0 Å². The highest BCUT2D eigenvalue weighted by molar-refractivity contribution is 7.89. The minimum Gasteiger partial charge on any atom is -0.453 e. The van der Waals surface area contributed by atoms with Gasteiger partial charge in [-0.05, 0) is 31.2 Å². The minimum atomic E-state index is -3.55. The lowest BCUT2D eigenvalue weighted by atomic mass is 10.3. The Morgan fingerprint density at radius 2 is 2.05 bits per heavy atom. The highest BCUT2D eigenvalue weighted by Gasteiger charge is 2.15. The van der Waals surface area contributed by atoms with Crippen molar-refractivity contribution < 1.29 is 13.2 Å². The van der Waals surface area contributed by atoms with Gasteiger partial charge in [0.05, 0.1) is 16.3 Å². The van der Waals surface area contributed by atoms with Crippen LogP contribution in [0, 0.1) is 6.92 Å². The van der Waals surface area contributed by atoms with E-state index in [9.17, 15) is 8.42 Å². The third-order valence-corrected chi connectivity index (χ3v) is 4.35. The van der Waals surface area contributed by atoms with Crippen LogP contribution < -0.4 is 15.2 Å². The predicted molar refractivity (Wildman–Crippen MR) is 80.8 cm³/mol. The molecule has 1 aromatic heterocycles. The standard InChI is InChI=1S/C14H17N3O3S/c1-3-17-21(18,19)11-6-7-12(15)14(9-11)20-13-5-4-8-16-10(13)2/h4-9,17H,3,15H2,1-2H3. The molecule has 112 valence electrons. The summed E-state index contributed by atoms with van der Waals surface area (Å²) < 4.78 is 32.1. The summed E-state index contributed by atoms with van der Waals surface area (Å²) in [5.41, 5.74) is 6.89. The van der Waals surface area contributed by atoms with E-state index < -0.39 is 10.0 Å². The van der Waals surface area contributed by atoms with E-state index in [0.29, 0.717) is 23.7 Å². The van der Waals surface area contributed by atoms with Crippen LogP contribution in [0.5, 0.6) is 11.5 Å². The average molecular weight is 307 g/mol. The molecule has 0 aliphatic heterocycles. The Balaban J connectivity index is 2.39. The van der Waals surface area contributed by atoms with E-state index in [-0.39, 0.29) is 10.6 Å². The molecule has 0 spiro atoms. The quantitative estimate of drug-likeness (QED) is 0.825. The summed E-state index contributed by atoms with van der Waals surface area (Å²) in [6.07, 6.45) is 1.65. The normalized spacial score (nSPS) is 11.3. The molecule has 6 nitrogen and oxygen atoms in total. The van der Waals surface area contributed by atoms with Gasteiger partial charge in [0.1, 0.15) is 5.75 Å². The van der Waals surface area contributed by atoms with Crippen molar-refractivity contribution in [2.45, 2.75) is 18.7 Å². The van der Waals surface area contributed by atoms with E-state index in [1.807, 2.05) is 0 Å². The molecule has 0 saturated carbocycles. The number of pyridine rings is 1. The number of hydrogen-bond donors (Lipinski definition) is 2. The van der Waals surface area contributed by atoms with Crippen LogP contribution in [-0.4, -0.2) is 19.9 Å². The molecular formula is C14H17N3O3S. The highest BCUT2D eigenvalue weighted by Crippen LogP contribution is 2.30. The molecule has 3 N–H and O–H groups in total. The van der Waals surface area contributed by atoms with Gasteiger partial charge in [-0.25, -0.2) is 13.1 Å². The predicted octanol–water partition coefficient (Wildman–Crippen LogP) is 2.06. The maximum absolute atomic E-state index is 12.0. The Hall–Kier alpha value is -2.12. The van der Waals surface area contributed by atoms with Crippen molar-refractivity contribution in [2.24, 2.45) is 0 Å². The number of aryl methyl sites for hydroxylation is 1. The fourth-order valence-electron chi connectivity index (χ4n) is 1.74. The summed E-state index contributed by atoms with van der Waals surface area (Å²) in [6.45, 7) is 3.82. The molecule has 0 aliphatic rings. The van der Waals surface area contributed by atoms with Gasteiger partial charge in [-0.1, -0.05) is 6.92 Å². The van der Waals surface area contributed by atoms with Crippen LogP contribution in [0.1, 0.15) is 12.6 Å². The zero-order valence-electron chi connectivity index (χ0n) is 11.8. The maximum Gasteiger partial charge on any atom is 0.240 e. The van der Waals surface area contributed by atoms with Gasteiger partial charge in [0.2, 0.25) is 10.0 Å². The molecular weight excluding hydrogens is 290 g/mol. The van der Waals surface area contributed by atoms with E-state index in [1.165, 1.54) is 18.2 Å². The van der Waals surface area contributed by atoms with Crippen molar-refractivity contribution in [3.8, 4) is 11.5 Å². The van der Waals surface area contributed by atoms with Gasteiger partial charge in [-0.3, -0.25) is 4.98 Å².